The van der Waals surface area contributed by atoms with Crippen LogP contribution in [-0.2, 0) is 0 Å². The second-order valence-corrected chi connectivity index (χ2v) is 6.83. The first-order valence-corrected chi connectivity index (χ1v) is 9.03. The Labute approximate surface area is 158 Å². The molecule has 4 nitrogen and oxygen atoms in total. The van der Waals surface area contributed by atoms with Crippen molar-refractivity contribution >= 4 is 56.3 Å². The molecule has 7 heteroatoms. The van der Waals surface area contributed by atoms with Crippen LogP contribution < -0.4 is 10.1 Å². The summed E-state index contributed by atoms with van der Waals surface area (Å²) in [5.41, 5.74) is 0.693. The number of halogens is 2. The quantitative estimate of drug-likeness (QED) is 0.404. The van der Waals surface area contributed by atoms with Crippen LogP contribution in [0.5, 0.6) is 11.5 Å². The van der Waals surface area contributed by atoms with Gasteiger partial charge in [0.25, 0.3) is 0 Å². The zero-order chi connectivity index (χ0) is 17.2. The molecule has 0 bridgehead atoms. The van der Waals surface area contributed by atoms with Gasteiger partial charge in [-0.25, -0.2) is 4.98 Å². The third-order valence-electron chi connectivity index (χ3n) is 3.46. The first-order chi connectivity index (χ1) is 12.2. The molecular formula is C18H11Cl2N3OS. The van der Waals surface area contributed by atoms with Crippen molar-refractivity contribution in [1.29, 1.82) is 0 Å². The molecule has 4 aromatic rings. The van der Waals surface area contributed by atoms with Gasteiger partial charge in [0, 0.05) is 5.02 Å². The molecule has 2 heterocycles. The van der Waals surface area contributed by atoms with E-state index in [9.17, 15) is 0 Å². The molecule has 0 saturated carbocycles. The molecule has 2 aromatic heterocycles. The second kappa shape index (κ2) is 6.88. The average Bonchev–Trinajstić information content (AvgIpc) is 3.07. The van der Waals surface area contributed by atoms with Crippen molar-refractivity contribution in [3.8, 4) is 11.5 Å². The van der Waals surface area contributed by atoms with E-state index in [2.05, 4.69) is 15.3 Å². The standard InChI is InChI=1S/C18H11Cl2N3OS/c19-11-6-7-15(24-12-4-2-1-3-5-12)14(10-11)21-16-13-8-9-25-17(13)23-18(20)22-16/h1-10H,(H,21,22,23). The minimum absolute atomic E-state index is 0.185. The fraction of sp³-hybridized carbons (Fsp3) is 0. The maximum absolute atomic E-state index is 6.16. The van der Waals surface area contributed by atoms with Gasteiger partial charge in [-0.3, -0.25) is 0 Å². The summed E-state index contributed by atoms with van der Waals surface area (Å²) in [6.07, 6.45) is 0. The van der Waals surface area contributed by atoms with E-state index in [0.29, 0.717) is 22.3 Å². The monoisotopic (exact) mass is 387 g/mol. The molecule has 124 valence electrons. The van der Waals surface area contributed by atoms with Crippen LogP contribution in [0.1, 0.15) is 0 Å². The molecule has 0 amide bonds. The number of nitrogens with zero attached hydrogens (tertiary/aromatic N) is 2. The van der Waals surface area contributed by atoms with E-state index < -0.39 is 0 Å². The Morgan fingerprint density at radius 2 is 1.80 bits per heavy atom. The predicted octanol–water partition coefficient (Wildman–Crippen LogP) is 6.53. The van der Waals surface area contributed by atoms with Crippen LogP contribution in [0, 0.1) is 0 Å². The maximum Gasteiger partial charge on any atom is 0.225 e. The molecule has 0 fully saturated rings. The summed E-state index contributed by atoms with van der Waals surface area (Å²) in [4.78, 5) is 9.33. The first kappa shape index (κ1) is 16.1. The highest BCUT2D eigenvalue weighted by Crippen LogP contribution is 2.36. The number of nitrogens with one attached hydrogen (secondary N) is 1. The van der Waals surface area contributed by atoms with Crippen molar-refractivity contribution in [3.05, 3.63) is 70.3 Å². The lowest BCUT2D eigenvalue weighted by Gasteiger charge is -2.13. The Morgan fingerprint density at radius 3 is 2.64 bits per heavy atom. The highest BCUT2D eigenvalue weighted by atomic mass is 35.5. The van der Waals surface area contributed by atoms with Gasteiger partial charge in [0.1, 0.15) is 16.4 Å². The summed E-state index contributed by atoms with van der Waals surface area (Å²) >= 11 is 13.7. The molecule has 1 N–H and O–H groups in total. The van der Waals surface area contributed by atoms with E-state index in [1.165, 1.54) is 11.3 Å². The maximum atomic E-state index is 6.16. The van der Waals surface area contributed by atoms with Crippen molar-refractivity contribution in [3.63, 3.8) is 0 Å². The van der Waals surface area contributed by atoms with Gasteiger partial charge in [0.15, 0.2) is 5.75 Å². The van der Waals surface area contributed by atoms with Crippen LogP contribution in [0.4, 0.5) is 11.5 Å². The summed E-state index contributed by atoms with van der Waals surface area (Å²) in [6, 6.07) is 16.9. The van der Waals surface area contributed by atoms with E-state index in [1.54, 1.807) is 12.1 Å². The van der Waals surface area contributed by atoms with Crippen molar-refractivity contribution in [2.24, 2.45) is 0 Å². The number of para-hydroxylation sites is 1. The summed E-state index contributed by atoms with van der Waals surface area (Å²) in [7, 11) is 0. The molecule has 0 atom stereocenters. The molecule has 0 aliphatic carbocycles. The van der Waals surface area contributed by atoms with Crippen LogP contribution in [0.25, 0.3) is 10.2 Å². The smallest absolute Gasteiger partial charge is 0.225 e. The highest BCUT2D eigenvalue weighted by molar-refractivity contribution is 7.16. The van der Waals surface area contributed by atoms with Crippen LogP contribution >= 0.6 is 34.5 Å². The zero-order valence-electron chi connectivity index (χ0n) is 12.7. The highest BCUT2D eigenvalue weighted by Gasteiger charge is 2.12. The third-order valence-corrected chi connectivity index (χ3v) is 4.67. The van der Waals surface area contributed by atoms with Gasteiger partial charge in [0.2, 0.25) is 5.28 Å². The van der Waals surface area contributed by atoms with Gasteiger partial charge < -0.3 is 10.1 Å². The van der Waals surface area contributed by atoms with Crippen molar-refractivity contribution < 1.29 is 4.74 Å². The van der Waals surface area contributed by atoms with Gasteiger partial charge in [-0.1, -0.05) is 29.8 Å². The Balaban J connectivity index is 1.74. The summed E-state index contributed by atoms with van der Waals surface area (Å²) in [5.74, 6) is 1.97. The molecule has 2 aromatic carbocycles. The minimum atomic E-state index is 0.185. The Kier molecular flexibility index (Phi) is 4.44. The van der Waals surface area contributed by atoms with Gasteiger partial charge >= 0.3 is 0 Å². The lowest BCUT2D eigenvalue weighted by molar-refractivity contribution is 0.485. The van der Waals surface area contributed by atoms with Crippen LogP contribution in [-0.4, -0.2) is 9.97 Å². The molecule has 25 heavy (non-hydrogen) atoms. The van der Waals surface area contributed by atoms with Crippen molar-refractivity contribution in [2.45, 2.75) is 0 Å². The number of anilines is 2. The molecule has 0 radical (unpaired) electrons. The molecule has 0 saturated heterocycles. The zero-order valence-corrected chi connectivity index (χ0v) is 15.1. The second-order valence-electron chi connectivity index (χ2n) is 5.16. The van der Waals surface area contributed by atoms with E-state index >= 15 is 0 Å². The lowest BCUT2D eigenvalue weighted by Crippen LogP contribution is -1.98. The first-order valence-electron chi connectivity index (χ1n) is 7.39. The molecule has 0 unspecified atom stereocenters. The fourth-order valence-corrected chi connectivity index (χ4v) is 3.51. The summed E-state index contributed by atoms with van der Waals surface area (Å²) in [5, 5.41) is 6.87. The van der Waals surface area contributed by atoms with Crippen molar-refractivity contribution in [2.75, 3.05) is 5.32 Å². The molecule has 4 rings (SSSR count). The number of ether oxygens (including phenoxy) is 1. The summed E-state index contributed by atoms with van der Waals surface area (Å²) < 4.78 is 5.97. The van der Waals surface area contributed by atoms with Crippen LogP contribution in [0.15, 0.2) is 60.0 Å². The molecule has 0 aliphatic rings. The SMILES string of the molecule is Clc1ccc(Oc2ccccc2)c(Nc2nc(Cl)nc3sccc23)c1. The van der Waals surface area contributed by atoms with Gasteiger partial charge in [-0.15, -0.1) is 11.3 Å². The molecular weight excluding hydrogens is 377 g/mol. The van der Waals surface area contributed by atoms with E-state index in [4.69, 9.17) is 27.9 Å². The van der Waals surface area contributed by atoms with Gasteiger partial charge in [0.05, 0.1) is 11.1 Å². The Bertz CT molecular complexity index is 1040. The number of thiophene rings is 1. The van der Waals surface area contributed by atoms with Crippen molar-refractivity contribution in [1.82, 2.24) is 9.97 Å². The number of rotatable bonds is 4. The van der Waals surface area contributed by atoms with E-state index in [1.807, 2.05) is 47.8 Å². The third kappa shape index (κ3) is 3.54. The average molecular weight is 388 g/mol. The molecule has 0 spiro atoms. The summed E-state index contributed by atoms with van der Waals surface area (Å²) in [6.45, 7) is 0. The number of hydrogen-bond donors (Lipinski definition) is 1. The number of benzene rings is 2. The largest absolute Gasteiger partial charge is 0.455 e. The van der Waals surface area contributed by atoms with Gasteiger partial charge in [-0.2, -0.15) is 4.98 Å². The minimum Gasteiger partial charge on any atom is -0.455 e. The van der Waals surface area contributed by atoms with Gasteiger partial charge in [-0.05, 0) is 53.4 Å². The number of fused-ring (bicyclic) bond motifs is 1. The van der Waals surface area contributed by atoms with Crippen LogP contribution in [0.2, 0.25) is 10.3 Å². The fourth-order valence-electron chi connectivity index (χ4n) is 2.36. The Morgan fingerprint density at radius 1 is 0.960 bits per heavy atom. The normalized spacial score (nSPS) is 10.8. The van der Waals surface area contributed by atoms with E-state index in [0.717, 1.165) is 16.0 Å². The predicted molar refractivity (Wildman–Crippen MR) is 104 cm³/mol. The molecule has 0 aliphatic heterocycles. The van der Waals surface area contributed by atoms with E-state index in [-0.39, 0.29) is 5.28 Å². The topological polar surface area (TPSA) is 47.0 Å². The lowest BCUT2D eigenvalue weighted by atomic mass is 10.2. The van der Waals surface area contributed by atoms with Crippen LogP contribution in [0.3, 0.4) is 0 Å². The Hall–Kier alpha value is -2.34. The number of aromatic nitrogens is 2. The number of hydrogen-bond acceptors (Lipinski definition) is 5.